The second-order valence-corrected chi connectivity index (χ2v) is 5.49. The highest BCUT2D eigenvalue weighted by Gasteiger charge is 2.34. The molecular weight excluding hydrogens is 198 g/mol. The smallest absolute Gasteiger partial charge is 0.227 e. The Morgan fingerprint density at radius 1 is 1.25 bits per heavy atom. The van der Waals surface area contributed by atoms with Crippen LogP contribution in [0.25, 0.3) is 0 Å². The largest absolute Gasteiger partial charge is 0.312 e. The van der Waals surface area contributed by atoms with Crippen LogP contribution in [0.1, 0.15) is 33.1 Å². The molecule has 0 radical (unpaired) electrons. The Morgan fingerprint density at radius 2 is 2.06 bits per heavy atom. The maximum Gasteiger partial charge on any atom is 0.227 e. The fraction of sp³-hybridized carbons (Fsp3) is 0.500. The van der Waals surface area contributed by atoms with E-state index in [1.807, 2.05) is 4.90 Å². The molecule has 3 rings (SSSR count). The van der Waals surface area contributed by atoms with Gasteiger partial charge in [0.25, 0.3) is 0 Å². The van der Waals surface area contributed by atoms with Crippen molar-refractivity contribution in [1.82, 2.24) is 4.90 Å². The normalized spacial score (nSPS) is 26.8. The van der Waals surface area contributed by atoms with Crippen molar-refractivity contribution >= 4 is 5.91 Å². The van der Waals surface area contributed by atoms with Gasteiger partial charge in [0.2, 0.25) is 5.91 Å². The van der Waals surface area contributed by atoms with Crippen LogP contribution in [-0.2, 0) is 4.79 Å². The van der Waals surface area contributed by atoms with Crippen molar-refractivity contribution in [3.8, 4) is 0 Å². The predicted molar refractivity (Wildman–Crippen MR) is 63.6 cm³/mol. The van der Waals surface area contributed by atoms with Gasteiger partial charge in [-0.1, -0.05) is 32.1 Å². The molecule has 84 valence electrons. The molecule has 0 unspecified atom stereocenters. The van der Waals surface area contributed by atoms with E-state index < -0.39 is 0 Å². The number of nitrogens with zero attached hydrogens (tertiary/aromatic N) is 1. The van der Waals surface area contributed by atoms with Crippen molar-refractivity contribution in [3.05, 3.63) is 35.1 Å². The highest BCUT2D eigenvalue weighted by atomic mass is 16.2. The fourth-order valence-corrected chi connectivity index (χ4v) is 2.88. The Bertz CT molecular complexity index is 451. The van der Waals surface area contributed by atoms with Crippen molar-refractivity contribution in [1.29, 1.82) is 0 Å². The lowest BCUT2D eigenvalue weighted by Crippen LogP contribution is -2.32. The summed E-state index contributed by atoms with van der Waals surface area (Å²) < 4.78 is 0. The van der Waals surface area contributed by atoms with Crippen LogP contribution in [0.2, 0.25) is 0 Å². The molecule has 2 heterocycles. The summed E-state index contributed by atoms with van der Waals surface area (Å²) >= 11 is 0. The van der Waals surface area contributed by atoms with Crippen LogP contribution in [-0.4, -0.2) is 17.4 Å². The van der Waals surface area contributed by atoms with Crippen LogP contribution in [0.3, 0.4) is 0 Å². The first-order valence-electron chi connectivity index (χ1n) is 6.02. The summed E-state index contributed by atoms with van der Waals surface area (Å²) in [6.45, 7) is 5.32. The highest BCUT2D eigenvalue weighted by Crippen LogP contribution is 2.41. The van der Waals surface area contributed by atoms with E-state index in [9.17, 15) is 4.79 Å². The van der Waals surface area contributed by atoms with Crippen molar-refractivity contribution in [2.45, 2.75) is 33.1 Å². The minimum Gasteiger partial charge on any atom is -0.312 e. The molecule has 1 amide bonds. The van der Waals surface area contributed by atoms with Crippen LogP contribution in [0.15, 0.2) is 35.1 Å². The van der Waals surface area contributed by atoms with Gasteiger partial charge in [0.1, 0.15) is 0 Å². The number of allylic oxidation sites excluding steroid dienone is 4. The molecule has 0 bridgehead atoms. The number of hydrogen-bond donors (Lipinski definition) is 0. The van der Waals surface area contributed by atoms with E-state index in [1.54, 1.807) is 0 Å². The van der Waals surface area contributed by atoms with Gasteiger partial charge in [-0.3, -0.25) is 4.79 Å². The zero-order valence-electron chi connectivity index (χ0n) is 9.92. The molecule has 0 spiro atoms. The second kappa shape index (κ2) is 3.09. The number of piperidine rings is 1. The molecule has 2 nitrogen and oxygen atoms in total. The van der Waals surface area contributed by atoms with E-state index in [-0.39, 0.29) is 5.41 Å². The third kappa shape index (κ3) is 1.36. The van der Waals surface area contributed by atoms with Crippen LogP contribution in [0.5, 0.6) is 0 Å². The first-order valence-corrected chi connectivity index (χ1v) is 6.02. The first-order chi connectivity index (χ1) is 7.57. The van der Waals surface area contributed by atoms with Gasteiger partial charge >= 0.3 is 0 Å². The molecular formula is C14H17NO. The molecule has 0 aromatic rings. The van der Waals surface area contributed by atoms with E-state index >= 15 is 0 Å². The zero-order valence-corrected chi connectivity index (χ0v) is 9.92. The average molecular weight is 215 g/mol. The number of carbonyl (C=O) groups is 1. The predicted octanol–water partition coefficient (Wildman–Crippen LogP) is 2.79. The molecule has 0 aromatic carbocycles. The monoisotopic (exact) mass is 215 g/mol. The van der Waals surface area contributed by atoms with E-state index in [2.05, 4.69) is 32.1 Å². The van der Waals surface area contributed by atoms with Crippen molar-refractivity contribution in [3.63, 3.8) is 0 Å². The standard InChI is InChI=1S/C14H17NO/c1-14(2)7-5-10-6-8-15-12(16)4-3-11(9-14)13(10)15/h5,7,9H,3-4,6,8H2,1-2H3. The lowest BCUT2D eigenvalue weighted by molar-refractivity contribution is -0.129. The van der Waals surface area contributed by atoms with E-state index in [0.717, 1.165) is 19.4 Å². The molecule has 0 atom stereocenters. The number of carbonyl (C=O) groups excluding carboxylic acids is 1. The summed E-state index contributed by atoms with van der Waals surface area (Å²) in [6.07, 6.45) is 9.42. The summed E-state index contributed by atoms with van der Waals surface area (Å²) in [5.41, 5.74) is 4.07. The topological polar surface area (TPSA) is 20.3 Å². The Labute approximate surface area is 96.3 Å². The van der Waals surface area contributed by atoms with E-state index in [0.29, 0.717) is 12.3 Å². The zero-order chi connectivity index (χ0) is 11.3. The van der Waals surface area contributed by atoms with Crippen molar-refractivity contribution in [2.24, 2.45) is 5.41 Å². The SMILES string of the molecule is CC1(C)C=CC2=C3C(=C1)CCC(=O)N3CC2. The number of amides is 1. The van der Waals surface area contributed by atoms with E-state index in [4.69, 9.17) is 0 Å². The van der Waals surface area contributed by atoms with Crippen LogP contribution in [0.4, 0.5) is 0 Å². The molecule has 1 fully saturated rings. The van der Waals surface area contributed by atoms with Gasteiger partial charge in [-0.25, -0.2) is 0 Å². The highest BCUT2D eigenvalue weighted by molar-refractivity contribution is 5.83. The summed E-state index contributed by atoms with van der Waals surface area (Å²) in [7, 11) is 0. The molecule has 1 aliphatic carbocycles. The minimum absolute atomic E-state index is 0.117. The Kier molecular flexibility index (Phi) is 1.91. The molecule has 16 heavy (non-hydrogen) atoms. The Balaban J connectivity index is 2.13. The summed E-state index contributed by atoms with van der Waals surface area (Å²) in [5.74, 6) is 0.301. The maximum atomic E-state index is 11.8. The molecule has 0 saturated carbocycles. The first kappa shape index (κ1) is 9.88. The molecule has 1 saturated heterocycles. The quantitative estimate of drug-likeness (QED) is 0.608. The maximum absolute atomic E-state index is 11.8. The summed E-state index contributed by atoms with van der Waals surface area (Å²) in [5, 5.41) is 0. The number of rotatable bonds is 0. The molecule has 3 aliphatic rings. The van der Waals surface area contributed by atoms with Gasteiger partial charge in [-0.05, 0) is 24.0 Å². The van der Waals surface area contributed by atoms with Gasteiger partial charge in [0, 0.05) is 24.1 Å². The van der Waals surface area contributed by atoms with Gasteiger partial charge in [0.15, 0.2) is 0 Å². The van der Waals surface area contributed by atoms with Crippen molar-refractivity contribution in [2.75, 3.05) is 6.54 Å². The van der Waals surface area contributed by atoms with Gasteiger partial charge < -0.3 is 4.90 Å². The minimum atomic E-state index is 0.117. The molecule has 2 heteroatoms. The van der Waals surface area contributed by atoms with Crippen LogP contribution >= 0.6 is 0 Å². The lowest BCUT2D eigenvalue weighted by Gasteiger charge is -2.29. The van der Waals surface area contributed by atoms with Gasteiger partial charge in [-0.15, -0.1) is 0 Å². The summed E-state index contributed by atoms with van der Waals surface area (Å²) in [6, 6.07) is 0. The number of hydrogen-bond acceptors (Lipinski definition) is 1. The van der Waals surface area contributed by atoms with Crippen molar-refractivity contribution < 1.29 is 4.79 Å². The Hall–Kier alpha value is -1.31. The Morgan fingerprint density at radius 3 is 2.88 bits per heavy atom. The molecule has 0 N–H and O–H groups in total. The second-order valence-electron chi connectivity index (χ2n) is 5.49. The van der Waals surface area contributed by atoms with E-state index in [1.165, 1.54) is 16.8 Å². The fourth-order valence-electron chi connectivity index (χ4n) is 2.88. The van der Waals surface area contributed by atoms with Crippen LogP contribution in [0, 0.1) is 5.41 Å². The molecule has 0 aromatic heterocycles. The van der Waals surface area contributed by atoms with Gasteiger partial charge in [-0.2, -0.15) is 0 Å². The summed E-state index contributed by atoms with van der Waals surface area (Å²) in [4.78, 5) is 13.8. The molecule has 2 aliphatic heterocycles. The van der Waals surface area contributed by atoms with Gasteiger partial charge in [0.05, 0.1) is 0 Å². The van der Waals surface area contributed by atoms with Crippen LogP contribution < -0.4 is 0 Å². The lowest BCUT2D eigenvalue weighted by atomic mass is 9.88. The average Bonchev–Trinajstić information content (AvgIpc) is 2.59. The third-order valence-electron chi connectivity index (χ3n) is 3.65. The third-order valence-corrected chi connectivity index (χ3v) is 3.65.